The zero-order chi connectivity index (χ0) is 22.2. The molecule has 0 saturated carbocycles. The lowest BCUT2D eigenvalue weighted by Gasteiger charge is -2.31. The lowest BCUT2D eigenvalue weighted by molar-refractivity contribution is 0.00512. The van der Waals surface area contributed by atoms with Gasteiger partial charge in [0, 0.05) is 22.5 Å². The number of fused-ring (bicyclic) bond motifs is 1. The van der Waals surface area contributed by atoms with Crippen LogP contribution in [-0.4, -0.2) is 39.3 Å². The normalized spacial score (nSPS) is 17.7. The van der Waals surface area contributed by atoms with Crippen molar-refractivity contribution in [2.24, 2.45) is 0 Å². The summed E-state index contributed by atoms with van der Waals surface area (Å²) < 4.78 is 5.58. The van der Waals surface area contributed by atoms with Crippen molar-refractivity contribution in [3.8, 4) is 11.3 Å². The van der Waals surface area contributed by atoms with E-state index >= 15 is 0 Å². The number of rotatable bonds is 3. The molecule has 1 fully saturated rings. The number of aliphatic hydroxyl groups excluding tert-OH is 1. The van der Waals surface area contributed by atoms with E-state index < -0.39 is 11.7 Å². The fraction of sp³-hybridized carbons (Fsp3) is 0.360. The Morgan fingerprint density at radius 2 is 1.90 bits per heavy atom. The number of para-hydroxylation sites is 1. The third-order valence-electron chi connectivity index (χ3n) is 5.50. The Labute approximate surface area is 187 Å². The summed E-state index contributed by atoms with van der Waals surface area (Å²) >= 11 is 6.04. The van der Waals surface area contributed by atoms with Crippen LogP contribution >= 0.6 is 11.6 Å². The van der Waals surface area contributed by atoms with Crippen molar-refractivity contribution in [2.75, 3.05) is 6.54 Å². The van der Waals surface area contributed by atoms with E-state index in [1.165, 1.54) is 0 Å². The molecule has 1 aromatic heterocycles. The van der Waals surface area contributed by atoms with Crippen LogP contribution in [0.15, 0.2) is 54.6 Å². The molecule has 162 valence electrons. The third-order valence-corrected chi connectivity index (χ3v) is 5.75. The largest absolute Gasteiger partial charge is 0.444 e. The molecule has 2 atom stereocenters. The van der Waals surface area contributed by atoms with Crippen molar-refractivity contribution in [1.29, 1.82) is 0 Å². The van der Waals surface area contributed by atoms with E-state index in [0.29, 0.717) is 18.0 Å². The first-order valence-electron chi connectivity index (χ1n) is 10.6. The molecule has 2 unspecified atom stereocenters. The fourth-order valence-electron chi connectivity index (χ4n) is 4.09. The predicted octanol–water partition coefficient (Wildman–Crippen LogP) is 5.99. The molecule has 2 aromatic carbocycles. The molecule has 0 spiro atoms. The van der Waals surface area contributed by atoms with E-state index in [1.807, 2.05) is 75.4 Å². The van der Waals surface area contributed by atoms with Crippen LogP contribution in [0.2, 0.25) is 5.02 Å². The van der Waals surface area contributed by atoms with Crippen molar-refractivity contribution in [1.82, 2.24) is 9.88 Å². The third kappa shape index (κ3) is 4.68. The van der Waals surface area contributed by atoms with Gasteiger partial charge < -0.3 is 14.7 Å². The molecule has 1 saturated heterocycles. The number of hydrogen-bond donors (Lipinski definition) is 1. The van der Waals surface area contributed by atoms with Crippen LogP contribution < -0.4 is 0 Å². The first-order chi connectivity index (χ1) is 14.7. The lowest BCUT2D eigenvalue weighted by Crippen LogP contribution is -2.42. The molecule has 1 aliphatic heterocycles. The Morgan fingerprint density at radius 1 is 1.19 bits per heavy atom. The quantitative estimate of drug-likeness (QED) is 0.545. The van der Waals surface area contributed by atoms with Gasteiger partial charge in [0.15, 0.2) is 0 Å². The number of nitrogens with zero attached hydrogens (tertiary/aromatic N) is 2. The van der Waals surface area contributed by atoms with Crippen LogP contribution in [0.1, 0.15) is 45.3 Å². The molecule has 31 heavy (non-hydrogen) atoms. The molecule has 1 N–H and O–H groups in total. The van der Waals surface area contributed by atoms with Gasteiger partial charge in [-0.05, 0) is 63.4 Å². The topological polar surface area (TPSA) is 62.7 Å². The summed E-state index contributed by atoms with van der Waals surface area (Å²) in [6.45, 7) is 6.12. The van der Waals surface area contributed by atoms with Crippen molar-refractivity contribution < 1.29 is 14.6 Å². The summed E-state index contributed by atoms with van der Waals surface area (Å²) in [5.74, 6) is 0. The van der Waals surface area contributed by atoms with Crippen molar-refractivity contribution in [3.05, 3.63) is 65.2 Å². The number of halogens is 1. The maximum Gasteiger partial charge on any atom is 0.410 e. The Balaban J connectivity index is 1.74. The zero-order valence-corrected chi connectivity index (χ0v) is 18.8. The average Bonchev–Trinajstić information content (AvgIpc) is 3.22. The number of carbonyl (C=O) groups excluding carboxylic acids is 1. The number of ether oxygens (including phenoxy) is 1. The number of aliphatic hydroxyl groups is 1. The highest BCUT2D eigenvalue weighted by Crippen LogP contribution is 2.36. The summed E-state index contributed by atoms with van der Waals surface area (Å²) in [5.41, 5.74) is 2.65. The molecule has 0 bridgehead atoms. The van der Waals surface area contributed by atoms with Crippen molar-refractivity contribution >= 4 is 28.6 Å². The minimum atomic E-state index is -0.853. The molecule has 3 aromatic rings. The molecular formula is C25H27ClN2O3. The van der Waals surface area contributed by atoms with Crippen molar-refractivity contribution in [2.45, 2.75) is 51.4 Å². The molecule has 0 aliphatic carbocycles. The number of aromatic nitrogens is 1. The van der Waals surface area contributed by atoms with Crippen LogP contribution in [0.4, 0.5) is 4.79 Å². The van der Waals surface area contributed by atoms with E-state index in [-0.39, 0.29) is 12.1 Å². The van der Waals surface area contributed by atoms with Gasteiger partial charge in [0.25, 0.3) is 0 Å². The van der Waals surface area contributed by atoms with Gasteiger partial charge in [0.2, 0.25) is 0 Å². The van der Waals surface area contributed by atoms with Gasteiger partial charge in [0.05, 0.1) is 17.3 Å². The summed E-state index contributed by atoms with van der Waals surface area (Å²) in [4.78, 5) is 19.2. The minimum Gasteiger partial charge on any atom is -0.444 e. The molecule has 0 radical (unpaired) electrons. The minimum absolute atomic E-state index is 0.348. The smallest absolute Gasteiger partial charge is 0.410 e. The van der Waals surface area contributed by atoms with E-state index in [9.17, 15) is 9.90 Å². The first kappa shape index (κ1) is 21.6. The van der Waals surface area contributed by atoms with Gasteiger partial charge >= 0.3 is 6.09 Å². The number of pyridine rings is 1. The summed E-state index contributed by atoms with van der Waals surface area (Å²) in [6, 6.07) is 16.8. The van der Waals surface area contributed by atoms with Crippen molar-refractivity contribution in [3.63, 3.8) is 0 Å². The number of likely N-dealkylation sites (tertiary alicyclic amines) is 1. The number of hydrogen-bond acceptors (Lipinski definition) is 4. The van der Waals surface area contributed by atoms with Crippen LogP contribution in [0.25, 0.3) is 22.2 Å². The van der Waals surface area contributed by atoms with E-state index in [0.717, 1.165) is 34.1 Å². The van der Waals surface area contributed by atoms with Crippen LogP contribution in [-0.2, 0) is 4.74 Å². The Morgan fingerprint density at radius 3 is 2.61 bits per heavy atom. The Hall–Kier alpha value is -2.63. The van der Waals surface area contributed by atoms with Gasteiger partial charge in [-0.1, -0.05) is 41.9 Å². The second kappa shape index (κ2) is 8.48. The molecule has 1 aliphatic rings. The molecular weight excluding hydrogens is 412 g/mol. The highest BCUT2D eigenvalue weighted by Gasteiger charge is 2.37. The lowest BCUT2D eigenvalue weighted by atomic mass is 9.95. The molecule has 1 amide bonds. The first-order valence-corrected chi connectivity index (χ1v) is 10.9. The van der Waals surface area contributed by atoms with Gasteiger partial charge in [-0.15, -0.1) is 0 Å². The van der Waals surface area contributed by atoms with Crippen LogP contribution in [0.5, 0.6) is 0 Å². The average molecular weight is 439 g/mol. The van der Waals surface area contributed by atoms with E-state index in [4.69, 9.17) is 21.3 Å². The second-order valence-corrected chi connectivity index (χ2v) is 9.39. The van der Waals surface area contributed by atoms with Gasteiger partial charge in [-0.25, -0.2) is 9.78 Å². The van der Waals surface area contributed by atoms with E-state index in [1.54, 1.807) is 4.90 Å². The van der Waals surface area contributed by atoms with Crippen LogP contribution in [0.3, 0.4) is 0 Å². The number of carbonyl (C=O) groups is 1. The standard InChI is InChI=1S/C25H27ClN2O3/c1-25(2,3)31-24(30)28-14-6-9-22(28)23(29)19-15-21(16-10-12-17(26)13-11-16)27-20-8-5-4-7-18(19)20/h4-5,7-8,10-13,15,22-23,29H,6,9,14H2,1-3H3. The summed E-state index contributed by atoms with van der Waals surface area (Å²) in [6.07, 6.45) is 0.306. The van der Waals surface area contributed by atoms with Gasteiger partial charge in [-0.3, -0.25) is 0 Å². The second-order valence-electron chi connectivity index (χ2n) is 8.95. The van der Waals surface area contributed by atoms with E-state index in [2.05, 4.69) is 0 Å². The predicted molar refractivity (Wildman–Crippen MR) is 123 cm³/mol. The van der Waals surface area contributed by atoms with Gasteiger partial charge in [0.1, 0.15) is 11.7 Å². The Bertz CT molecular complexity index is 1090. The molecule has 4 rings (SSSR count). The molecule has 6 heteroatoms. The molecule has 5 nitrogen and oxygen atoms in total. The molecule has 2 heterocycles. The SMILES string of the molecule is CC(C)(C)OC(=O)N1CCCC1C(O)c1cc(-c2ccc(Cl)cc2)nc2ccccc12. The highest BCUT2D eigenvalue weighted by atomic mass is 35.5. The number of amides is 1. The monoisotopic (exact) mass is 438 g/mol. The van der Waals surface area contributed by atoms with Crippen LogP contribution in [0, 0.1) is 0 Å². The summed E-state index contributed by atoms with van der Waals surface area (Å²) in [5, 5.41) is 13.0. The Kier molecular flexibility index (Phi) is 5.91. The zero-order valence-electron chi connectivity index (χ0n) is 18.0. The van der Waals surface area contributed by atoms with Gasteiger partial charge in [-0.2, -0.15) is 0 Å². The maximum atomic E-state index is 12.8. The fourth-order valence-corrected chi connectivity index (χ4v) is 4.22. The number of benzene rings is 2. The summed E-state index contributed by atoms with van der Waals surface area (Å²) in [7, 11) is 0. The maximum absolute atomic E-state index is 12.8. The highest BCUT2D eigenvalue weighted by molar-refractivity contribution is 6.30.